The first-order chi connectivity index (χ1) is 5.42. The molecule has 0 aliphatic carbocycles. The van der Waals surface area contributed by atoms with Crippen LogP contribution in [0.2, 0.25) is 0 Å². The van der Waals surface area contributed by atoms with Crippen LogP contribution >= 0.6 is 0 Å². The van der Waals surface area contributed by atoms with Crippen molar-refractivity contribution in [2.24, 2.45) is 0 Å². The Morgan fingerprint density at radius 2 is 2.27 bits per heavy atom. The smallest absolute Gasteiger partial charge is 0.210 e. The van der Waals surface area contributed by atoms with E-state index in [-0.39, 0.29) is 5.92 Å². The van der Waals surface area contributed by atoms with E-state index in [1.54, 1.807) is 0 Å². The van der Waals surface area contributed by atoms with Gasteiger partial charge in [-0.1, -0.05) is 18.2 Å². The van der Waals surface area contributed by atoms with E-state index in [1.807, 2.05) is 30.6 Å². The lowest BCUT2D eigenvalue weighted by Crippen LogP contribution is -2.00. The molecule has 0 N–H and O–H groups in total. The lowest BCUT2D eigenvalue weighted by atomic mass is 10.0. The summed E-state index contributed by atoms with van der Waals surface area (Å²) in [7, 11) is 0. The second-order valence-corrected chi connectivity index (χ2v) is 2.52. The predicted molar refractivity (Wildman–Crippen MR) is 40.4 cm³/mol. The van der Waals surface area contributed by atoms with E-state index >= 15 is 0 Å². The highest BCUT2D eigenvalue weighted by molar-refractivity contribution is 5.67. The third-order valence-electron chi connectivity index (χ3n) is 1.84. The lowest BCUT2D eigenvalue weighted by Gasteiger charge is -1.95. The van der Waals surface area contributed by atoms with Crippen LogP contribution in [0.25, 0.3) is 0 Å². The molecule has 0 fully saturated rings. The summed E-state index contributed by atoms with van der Waals surface area (Å²) in [6.45, 7) is 0.447. The van der Waals surface area contributed by atoms with Crippen LogP contribution < -0.4 is 4.74 Å². The van der Waals surface area contributed by atoms with Gasteiger partial charge in [-0.05, 0) is 6.07 Å². The molecule has 1 aromatic carbocycles. The van der Waals surface area contributed by atoms with E-state index in [2.05, 4.69) is 0 Å². The molecular weight excluding hydrogens is 140 g/mol. The molecule has 11 heavy (non-hydrogen) atoms. The minimum atomic E-state index is -0.175. The number of ether oxygens (including phenoxy) is 1. The maximum Gasteiger partial charge on any atom is 0.210 e. The van der Waals surface area contributed by atoms with Gasteiger partial charge in [-0.3, -0.25) is 4.79 Å². The molecule has 1 aliphatic heterocycles. The quantitative estimate of drug-likeness (QED) is 0.598. The maximum atomic E-state index is 10.4. The van der Waals surface area contributed by atoms with Crippen LogP contribution in [-0.2, 0) is 4.79 Å². The van der Waals surface area contributed by atoms with E-state index in [4.69, 9.17) is 4.74 Å². The summed E-state index contributed by atoms with van der Waals surface area (Å²) in [5.74, 6) is 0.645. The predicted octanol–water partition coefficient (Wildman–Crippen LogP) is 1.27. The summed E-state index contributed by atoms with van der Waals surface area (Å²) in [4.78, 5) is 10.4. The van der Waals surface area contributed by atoms with Crippen molar-refractivity contribution >= 4 is 6.29 Å². The third kappa shape index (κ3) is 0.909. The minimum Gasteiger partial charge on any atom is -0.492 e. The average Bonchev–Trinajstić information content (AvgIpc) is 2.47. The Bertz CT molecular complexity index is 281. The molecule has 1 aliphatic rings. The molecule has 2 heteroatoms. The van der Waals surface area contributed by atoms with E-state index in [0.717, 1.165) is 11.3 Å². The standard InChI is InChI=1S/C9H7O2/c10-5-7-6-11-9-4-2-1-3-8(7)9/h1-4,7H,6H2. The molecule has 55 valence electrons. The summed E-state index contributed by atoms with van der Waals surface area (Å²) in [5, 5.41) is 0. The molecule has 0 bridgehead atoms. The summed E-state index contributed by atoms with van der Waals surface area (Å²) in [6, 6.07) is 7.56. The van der Waals surface area contributed by atoms with Crippen LogP contribution in [0.5, 0.6) is 5.75 Å². The van der Waals surface area contributed by atoms with Gasteiger partial charge in [-0.2, -0.15) is 0 Å². The first kappa shape index (κ1) is 6.40. The monoisotopic (exact) mass is 147 g/mol. The molecule has 1 radical (unpaired) electrons. The van der Waals surface area contributed by atoms with Gasteiger partial charge in [-0.15, -0.1) is 0 Å². The zero-order valence-corrected chi connectivity index (χ0v) is 5.91. The summed E-state index contributed by atoms with van der Waals surface area (Å²) < 4.78 is 5.24. The summed E-state index contributed by atoms with van der Waals surface area (Å²) in [5.41, 5.74) is 0.961. The van der Waals surface area contributed by atoms with Crippen LogP contribution in [0.4, 0.5) is 0 Å². The van der Waals surface area contributed by atoms with Crippen molar-refractivity contribution in [2.75, 3.05) is 6.61 Å². The topological polar surface area (TPSA) is 26.3 Å². The molecule has 1 unspecified atom stereocenters. The first-order valence-electron chi connectivity index (χ1n) is 3.51. The van der Waals surface area contributed by atoms with Gasteiger partial charge in [0.2, 0.25) is 6.29 Å². The van der Waals surface area contributed by atoms with Gasteiger partial charge >= 0.3 is 0 Å². The van der Waals surface area contributed by atoms with Crippen LogP contribution in [0.15, 0.2) is 24.3 Å². The van der Waals surface area contributed by atoms with Gasteiger partial charge in [-0.25, -0.2) is 0 Å². The van der Waals surface area contributed by atoms with E-state index in [1.165, 1.54) is 0 Å². The highest BCUT2D eigenvalue weighted by Crippen LogP contribution is 2.31. The maximum absolute atomic E-state index is 10.4. The Balaban J connectivity index is 2.46. The zero-order valence-electron chi connectivity index (χ0n) is 5.91. The number of benzene rings is 1. The van der Waals surface area contributed by atoms with Crippen molar-refractivity contribution in [1.29, 1.82) is 0 Å². The molecule has 0 saturated carbocycles. The SMILES string of the molecule is O=[C]C1COc2ccccc21. The van der Waals surface area contributed by atoms with Gasteiger partial charge in [0.05, 0.1) is 5.92 Å². The molecule has 0 spiro atoms. The third-order valence-corrected chi connectivity index (χ3v) is 1.84. The van der Waals surface area contributed by atoms with Gasteiger partial charge in [0.1, 0.15) is 12.4 Å². The molecule has 0 aromatic heterocycles. The Kier molecular flexibility index (Phi) is 1.39. The minimum absolute atomic E-state index is 0.175. The largest absolute Gasteiger partial charge is 0.492 e. The Hall–Kier alpha value is -1.31. The Morgan fingerprint density at radius 3 is 3.09 bits per heavy atom. The average molecular weight is 147 g/mol. The van der Waals surface area contributed by atoms with Crippen molar-refractivity contribution < 1.29 is 9.53 Å². The molecular formula is C9H7O2. The lowest BCUT2D eigenvalue weighted by molar-refractivity contribution is 0.346. The van der Waals surface area contributed by atoms with Crippen LogP contribution in [0.3, 0.4) is 0 Å². The van der Waals surface area contributed by atoms with E-state index in [9.17, 15) is 4.79 Å². The molecule has 2 rings (SSSR count). The van der Waals surface area contributed by atoms with Gasteiger partial charge < -0.3 is 4.74 Å². The Labute approximate surface area is 64.8 Å². The van der Waals surface area contributed by atoms with Gasteiger partial charge in [0.25, 0.3) is 0 Å². The normalized spacial score (nSPS) is 20.5. The molecule has 1 heterocycles. The molecule has 2 nitrogen and oxygen atoms in total. The zero-order chi connectivity index (χ0) is 7.68. The number of hydrogen-bond acceptors (Lipinski definition) is 2. The van der Waals surface area contributed by atoms with Gasteiger partial charge in [0.15, 0.2) is 0 Å². The van der Waals surface area contributed by atoms with Crippen LogP contribution in [-0.4, -0.2) is 12.9 Å². The summed E-state index contributed by atoms with van der Waals surface area (Å²) in [6.07, 6.45) is 1.95. The number of hydrogen-bond donors (Lipinski definition) is 0. The second-order valence-electron chi connectivity index (χ2n) is 2.52. The number of fused-ring (bicyclic) bond motifs is 1. The van der Waals surface area contributed by atoms with Crippen molar-refractivity contribution in [3.8, 4) is 5.75 Å². The molecule has 1 atom stereocenters. The highest BCUT2D eigenvalue weighted by atomic mass is 16.5. The number of para-hydroxylation sites is 1. The fraction of sp³-hybridized carbons (Fsp3) is 0.222. The fourth-order valence-electron chi connectivity index (χ4n) is 1.26. The first-order valence-corrected chi connectivity index (χ1v) is 3.51. The van der Waals surface area contributed by atoms with Crippen LogP contribution in [0.1, 0.15) is 11.5 Å². The number of rotatable bonds is 1. The fourth-order valence-corrected chi connectivity index (χ4v) is 1.26. The van der Waals surface area contributed by atoms with Gasteiger partial charge in [0, 0.05) is 5.56 Å². The van der Waals surface area contributed by atoms with E-state index < -0.39 is 0 Å². The molecule has 0 saturated heterocycles. The van der Waals surface area contributed by atoms with Crippen LogP contribution in [0, 0.1) is 0 Å². The second kappa shape index (κ2) is 2.38. The van der Waals surface area contributed by atoms with E-state index in [0.29, 0.717) is 6.61 Å². The Morgan fingerprint density at radius 1 is 1.45 bits per heavy atom. The summed E-state index contributed by atoms with van der Waals surface area (Å²) >= 11 is 0. The van der Waals surface area contributed by atoms with Crippen molar-refractivity contribution in [2.45, 2.75) is 5.92 Å². The molecule has 1 aromatic rings. The number of carbonyl (C=O) groups excluding carboxylic acids is 1. The van der Waals surface area contributed by atoms with Crippen molar-refractivity contribution in [3.05, 3.63) is 29.8 Å². The van der Waals surface area contributed by atoms with Crippen molar-refractivity contribution in [3.63, 3.8) is 0 Å². The van der Waals surface area contributed by atoms with Crippen molar-refractivity contribution in [1.82, 2.24) is 0 Å². The molecule has 0 amide bonds. The highest BCUT2D eigenvalue weighted by Gasteiger charge is 2.23.